The van der Waals surface area contributed by atoms with E-state index in [0.717, 1.165) is 19.2 Å². The molecule has 0 saturated heterocycles. The smallest absolute Gasteiger partial charge is 0.339 e. The van der Waals surface area contributed by atoms with Crippen LogP contribution in [0.4, 0.5) is 5.69 Å². The Morgan fingerprint density at radius 2 is 2.25 bits per heavy atom. The first-order chi connectivity index (χ1) is 7.51. The fraction of sp³-hybridized carbons (Fsp3) is 0.111. The molecule has 0 N–H and O–H groups in total. The van der Waals surface area contributed by atoms with Crippen molar-refractivity contribution in [3.05, 3.63) is 38.4 Å². The first-order valence-corrected chi connectivity index (χ1v) is 4.35. The molecule has 82 valence electrons. The molecule has 0 aliphatic rings. The molecule has 6 nitrogen and oxygen atoms in total. The Kier molecular flexibility index (Phi) is 3.43. The molecule has 0 heterocycles. The lowest BCUT2D eigenvalue weighted by Crippen LogP contribution is -2.05. The van der Waals surface area contributed by atoms with Crippen molar-refractivity contribution >= 4 is 23.3 Å². The molecule has 0 spiro atoms. The van der Waals surface area contributed by atoms with Gasteiger partial charge in [0.25, 0.3) is 5.69 Å². The molecule has 0 aliphatic heterocycles. The molecule has 0 aromatic heterocycles. The van der Waals surface area contributed by atoms with Crippen molar-refractivity contribution in [2.45, 2.75) is 0 Å². The normalized spacial score (nSPS) is 9.31. The molecule has 1 rings (SSSR count). The van der Waals surface area contributed by atoms with E-state index in [1.54, 1.807) is 6.07 Å². The van der Waals surface area contributed by atoms with E-state index >= 15 is 0 Å². The van der Waals surface area contributed by atoms with Crippen LogP contribution >= 0.6 is 11.6 Å². The standard InChI is InChI=1S/C9H5ClN2O4/c1-16-9(13)6-3-7(10)8(12(14)15)2-5(6)4-11/h2-3H,1H3. The van der Waals surface area contributed by atoms with Gasteiger partial charge in [0.1, 0.15) is 11.1 Å². The highest BCUT2D eigenvalue weighted by atomic mass is 35.5. The number of nitro benzene ring substituents is 1. The second-order valence-corrected chi connectivity index (χ2v) is 3.12. The van der Waals surface area contributed by atoms with E-state index in [-0.39, 0.29) is 16.1 Å². The van der Waals surface area contributed by atoms with Gasteiger partial charge in [-0.25, -0.2) is 4.79 Å². The quantitative estimate of drug-likeness (QED) is 0.447. The highest BCUT2D eigenvalue weighted by Gasteiger charge is 2.20. The van der Waals surface area contributed by atoms with Gasteiger partial charge in [-0.1, -0.05) is 11.6 Å². The summed E-state index contributed by atoms with van der Waals surface area (Å²) in [5.74, 6) is -0.770. The van der Waals surface area contributed by atoms with Crippen LogP contribution in [0.1, 0.15) is 15.9 Å². The molecule has 0 fully saturated rings. The van der Waals surface area contributed by atoms with E-state index in [2.05, 4.69) is 4.74 Å². The topological polar surface area (TPSA) is 93.2 Å². The molecule has 1 aromatic rings. The molecule has 0 atom stereocenters. The Hall–Kier alpha value is -2.13. The molecule has 0 amide bonds. The first-order valence-electron chi connectivity index (χ1n) is 3.97. The minimum Gasteiger partial charge on any atom is -0.465 e. The van der Waals surface area contributed by atoms with Crippen LogP contribution in [0.3, 0.4) is 0 Å². The van der Waals surface area contributed by atoms with Crippen molar-refractivity contribution in [2.24, 2.45) is 0 Å². The summed E-state index contributed by atoms with van der Waals surface area (Å²) in [6, 6.07) is 3.65. The van der Waals surface area contributed by atoms with Gasteiger partial charge in [0.2, 0.25) is 0 Å². The van der Waals surface area contributed by atoms with Gasteiger partial charge >= 0.3 is 5.97 Å². The lowest BCUT2D eigenvalue weighted by molar-refractivity contribution is -0.384. The number of esters is 1. The lowest BCUT2D eigenvalue weighted by Gasteiger charge is -2.02. The molecule has 0 aliphatic carbocycles. The van der Waals surface area contributed by atoms with Crippen molar-refractivity contribution in [1.29, 1.82) is 5.26 Å². The largest absolute Gasteiger partial charge is 0.465 e. The SMILES string of the molecule is COC(=O)c1cc(Cl)c([N+](=O)[O-])cc1C#N. The van der Waals surface area contributed by atoms with Crippen LogP contribution in [-0.4, -0.2) is 18.0 Å². The van der Waals surface area contributed by atoms with Crippen molar-refractivity contribution in [3.8, 4) is 6.07 Å². The predicted molar refractivity (Wildman–Crippen MR) is 54.2 cm³/mol. The third-order valence-corrected chi connectivity index (χ3v) is 2.11. The van der Waals surface area contributed by atoms with Crippen molar-refractivity contribution in [3.63, 3.8) is 0 Å². The number of ether oxygens (including phenoxy) is 1. The number of benzene rings is 1. The highest BCUT2D eigenvalue weighted by Crippen LogP contribution is 2.28. The Bertz CT molecular complexity index is 507. The molecule has 0 saturated carbocycles. The predicted octanol–water partition coefficient (Wildman–Crippen LogP) is 1.91. The summed E-state index contributed by atoms with van der Waals surface area (Å²) in [5.41, 5.74) is -0.672. The van der Waals surface area contributed by atoms with Crippen LogP contribution in [0.25, 0.3) is 0 Å². The van der Waals surface area contributed by atoms with Crippen molar-refractivity contribution in [2.75, 3.05) is 7.11 Å². The average Bonchev–Trinajstić information content (AvgIpc) is 2.27. The zero-order chi connectivity index (χ0) is 12.3. The second-order valence-electron chi connectivity index (χ2n) is 2.71. The summed E-state index contributed by atoms with van der Waals surface area (Å²) < 4.78 is 4.42. The number of halogens is 1. The van der Waals surface area contributed by atoms with Crippen LogP contribution in [0, 0.1) is 21.4 Å². The molecule has 16 heavy (non-hydrogen) atoms. The van der Waals surface area contributed by atoms with Crippen LogP contribution in [0.5, 0.6) is 0 Å². The summed E-state index contributed by atoms with van der Waals surface area (Å²) in [5, 5.41) is 19.1. The number of nitriles is 1. The maximum atomic E-state index is 11.2. The summed E-state index contributed by atoms with van der Waals surface area (Å²) >= 11 is 5.60. The van der Waals surface area contributed by atoms with Gasteiger partial charge in [-0.3, -0.25) is 10.1 Å². The number of nitro groups is 1. The third kappa shape index (κ3) is 2.10. The fourth-order valence-electron chi connectivity index (χ4n) is 1.07. The van der Waals surface area contributed by atoms with Gasteiger partial charge in [-0.15, -0.1) is 0 Å². The second kappa shape index (κ2) is 4.59. The Labute approximate surface area is 95.2 Å². The van der Waals surface area contributed by atoms with E-state index in [1.807, 2.05) is 0 Å². The summed E-state index contributed by atoms with van der Waals surface area (Å²) in [6.45, 7) is 0. The maximum absolute atomic E-state index is 11.2. The zero-order valence-corrected chi connectivity index (χ0v) is 8.82. The van der Waals surface area contributed by atoms with Crippen LogP contribution in [0.15, 0.2) is 12.1 Å². The number of hydrogen-bond donors (Lipinski definition) is 0. The maximum Gasteiger partial charge on any atom is 0.339 e. The summed E-state index contributed by atoms with van der Waals surface area (Å²) in [7, 11) is 1.14. The summed E-state index contributed by atoms with van der Waals surface area (Å²) in [4.78, 5) is 21.0. The van der Waals surface area contributed by atoms with Crippen LogP contribution < -0.4 is 0 Å². The van der Waals surface area contributed by atoms with E-state index in [9.17, 15) is 14.9 Å². The van der Waals surface area contributed by atoms with E-state index in [4.69, 9.17) is 16.9 Å². The molecule has 7 heteroatoms. The van der Waals surface area contributed by atoms with Gasteiger partial charge in [0.05, 0.1) is 23.2 Å². The fourth-order valence-corrected chi connectivity index (χ4v) is 1.31. The molecular weight excluding hydrogens is 236 g/mol. The zero-order valence-electron chi connectivity index (χ0n) is 8.06. The lowest BCUT2D eigenvalue weighted by atomic mass is 10.1. The number of carbonyl (C=O) groups is 1. The highest BCUT2D eigenvalue weighted by molar-refractivity contribution is 6.33. The van der Waals surface area contributed by atoms with Gasteiger partial charge in [-0.05, 0) is 6.07 Å². The van der Waals surface area contributed by atoms with E-state index in [0.29, 0.717) is 0 Å². The van der Waals surface area contributed by atoms with Crippen LogP contribution in [0.2, 0.25) is 5.02 Å². The van der Waals surface area contributed by atoms with E-state index in [1.165, 1.54) is 0 Å². The minimum absolute atomic E-state index is 0.0967. The number of hydrogen-bond acceptors (Lipinski definition) is 5. The Morgan fingerprint density at radius 1 is 1.62 bits per heavy atom. The molecule has 0 bridgehead atoms. The van der Waals surface area contributed by atoms with Gasteiger partial charge < -0.3 is 4.74 Å². The number of carbonyl (C=O) groups excluding carboxylic acids is 1. The van der Waals surface area contributed by atoms with Gasteiger partial charge in [0.15, 0.2) is 0 Å². The van der Waals surface area contributed by atoms with Crippen molar-refractivity contribution < 1.29 is 14.5 Å². The summed E-state index contributed by atoms with van der Waals surface area (Å²) in [6.07, 6.45) is 0. The van der Waals surface area contributed by atoms with E-state index < -0.39 is 16.6 Å². The number of nitrogens with zero attached hydrogens (tertiary/aromatic N) is 2. The average molecular weight is 241 g/mol. The first kappa shape index (κ1) is 11.9. The van der Waals surface area contributed by atoms with Gasteiger partial charge in [0, 0.05) is 6.07 Å². The Morgan fingerprint density at radius 3 is 2.69 bits per heavy atom. The monoisotopic (exact) mass is 240 g/mol. The molecule has 1 aromatic carbocycles. The molecular formula is C9H5ClN2O4. The third-order valence-electron chi connectivity index (χ3n) is 1.81. The molecule has 0 radical (unpaired) electrons. The van der Waals surface area contributed by atoms with Crippen LogP contribution in [-0.2, 0) is 4.74 Å². The van der Waals surface area contributed by atoms with Crippen molar-refractivity contribution in [1.82, 2.24) is 0 Å². The minimum atomic E-state index is -0.770. The number of methoxy groups -OCH3 is 1. The number of rotatable bonds is 2. The van der Waals surface area contributed by atoms with Gasteiger partial charge in [-0.2, -0.15) is 5.26 Å². The molecule has 0 unspecified atom stereocenters. The Balaban J connectivity index is 3.45.